The van der Waals surface area contributed by atoms with E-state index >= 15 is 0 Å². The van der Waals surface area contributed by atoms with Gasteiger partial charge in [0.2, 0.25) is 5.91 Å². The smallest absolute Gasteiger partial charge is 0.233 e. The average molecular weight is 321 g/mol. The van der Waals surface area contributed by atoms with E-state index in [1.165, 1.54) is 6.42 Å². The summed E-state index contributed by atoms with van der Waals surface area (Å²) in [5, 5.41) is 3.12. The number of thioether (sulfide) groups is 1. The van der Waals surface area contributed by atoms with Crippen molar-refractivity contribution in [2.24, 2.45) is 11.3 Å². The van der Waals surface area contributed by atoms with Gasteiger partial charge in [-0.05, 0) is 30.9 Å². The van der Waals surface area contributed by atoms with E-state index in [1.54, 1.807) is 18.9 Å². The van der Waals surface area contributed by atoms with Gasteiger partial charge in [-0.15, -0.1) is 11.8 Å². The van der Waals surface area contributed by atoms with Crippen LogP contribution in [-0.2, 0) is 9.53 Å². The molecule has 1 atom stereocenters. The van der Waals surface area contributed by atoms with E-state index in [-0.39, 0.29) is 16.6 Å². The molecule has 0 spiro atoms. The topological polar surface area (TPSA) is 38.3 Å². The van der Waals surface area contributed by atoms with Gasteiger partial charge in [0.05, 0.1) is 11.9 Å². The molecule has 1 aromatic rings. The van der Waals surface area contributed by atoms with Crippen LogP contribution < -0.4 is 5.32 Å². The predicted octanol–water partition coefficient (Wildman–Crippen LogP) is 3.74. The van der Waals surface area contributed by atoms with Gasteiger partial charge < -0.3 is 10.1 Å². The first kappa shape index (κ1) is 17.4. The first-order chi connectivity index (χ1) is 10.6. The number of nitrogens with one attached hydrogen (secondary N) is 1. The van der Waals surface area contributed by atoms with Crippen molar-refractivity contribution in [1.82, 2.24) is 5.32 Å². The molecule has 0 saturated heterocycles. The summed E-state index contributed by atoms with van der Waals surface area (Å²) < 4.78 is 5.33. The van der Waals surface area contributed by atoms with Crippen LogP contribution in [0.5, 0.6) is 0 Å². The molecule has 1 fully saturated rings. The molecule has 1 aliphatic rings. The fourth-order valence-corrected chi connectivity index (χ4v) is 3.94. The molecular weight excluding hydrogens is 294 g/mol. The minimum atomic E-state index is -0.0536. The molecule has 0 unspecified atom stereocenters. The minimum absolute atomic E-state index is 0.0536. The van der Waals surface area contributed by atoms with Gasteiger partial charge in [-0.3, -0.25) is 4.79 Å². The van der Waals surface area contributed by atoms with E-state index in [0.29, 0.717) is 5.92 Å². The highest BCUT2D eigenvalue weighted by Gasteiger charge is 2.38. The molecule has 0 aromatic heterocycles. The van der Waals surface area contributed by atoms with Gasteiger partial charge in [-0.1, -0.05) is 38.5 Å². The lowest BCUT2D eigenvalue weighted by molar-refractivity contribution is -0.122. The summed E-state index contributed by atoms with van der Waals surface area (Å²) >= 11 is 1.65. The summed E-state index contributed by atoms with van der Waals surface area (Å²) in [5.41, 5.74) is 0.170. The molecule has 0 aliphatic heterocycles. The largest absolute Gasteiger partial charge is 0.384 e. The summed E-state index contributed by atoms with van der Waals surface area (Å²) in [6, 6.07) is 10.1. The second-order valence-corrected chi connectivity index (χ2v) is 7.81. The lowest BCUT2D eigenvalue weighted by Crippen LogP contribution is -2.47. The van der Waals surface area contributed by atoms with Crippen molar-refractivity contribution in [3.63, 3.8) is 0 Å². The van der Waals surface area contributed by atoms with E-state index in [0.717, 1.165) is 30.9 Å². The third-order valence-corrected chi connectivity index (χ3v) is 5.93. The third-order valence-electron chi connectivity index (χ3n) is 4.37. The predicted molar refractivity (Wildman–Crippen MR) is 92.1 cm³/mol. The number of benzene rings is 1. The standard InChI is InChI=1S/C18H27NO2S/c1-14(2)16(22-15-8-5-4-6-9-15)17(20)19-12-18(13-21-3)10-7-11-18/h4-6,8-9,14,16H,7,10-13H2,1-3H3,(H,19,20)/t16-/m0/s1. The van der Waals surface area contributed by atoms with Crippen LogP contribution in [0, 0.1) is 11.3 Å². The molecule has 0 heterocycles. The molecule has 1 amide bonds. The van der Waals surface area contributed by atoms with Crippen molar-refractivity contribution in [2.75, 3.05) is 20.3 Å². The molecule has 0 radical (unpaired) electrons. The molecule has 1 aromatic carbocycles. The SMILES string of the molecule is COCC1(CNC(=O)[C@@H](Sc2ccccc2)C(C)C)CCC1. The van der Waals surface area contributed by atoms with Crippen molar-refractivity contribution in [1.29, 1.82) is 0 Å². The maximum Gasteiger partial charge on any atom is 0.233 e. The van der Waals surface area contributed by atoms with E-state index in [1.807, 2.05) is 18.2 Å². The number of methoxy groups -OCH3 is 1. The van der Waals surface area contributed by atoms with Crippen molar-refractivity contribution in [3.05, 3.63) is 30.3 Å². The first-order valence-corrected chi connectivity index (χ1v) is 8.93. The molecular formula is C18H27NO2S. The van der Waals surface area contributed by atoms with Gasteiger partial charge in [0.25, 0.3) is 0 Å². The minimum Gasteiger partial charge on any atom is -0.384 e. The van der Waals surface area contributed by atoms with Crippen LogP contribution in [0.4, 0.5) is 0 Å². The fourth-order valence-electron chi connectivity index (χ4n) is 2.87. The van der Waals surface area contributed by atoms with Crippen LogP contribution in [0.1, 0.15) is 33.1 Å². The van der Waals surface area contributed by atoms with Crippen molar-refractivity contribution >= 4 is 17.7 Å². The van der Waals surface area contributed by atoms with E-state index < -0.39 is 0 Å². The lowest BCUT2D eigenvalue weighted by atomic mass is 9.69. The second-order valence-electron chi connectivity index (χ2n) is 6.60. The maximum absolute atomic E-state index is 12.6. The third kappa shape index (κ3) is 4.50. The average Bonchev–Trinajstić information content (AvgIpc) is 2.48. The normalized spacial score (nSPS) is 17.8. The van der Waals surface area contributed by atoms with Crippen LogP contribution in [-0.4, -0.2) is 31.4 Å². The number of carbonyl (C=O) groups is 1. The molecule has 3 nitrogen and oxygen atoms in total. The van der Waals surface area contributed by atoms with Gasteiger partial charge in [0, 0.05) is 24.0 Å². The van der Waals surface area contributed by atoms with Crippen LogP contribution in [0.25, 0.3) is 0 Å². The molecule has 2 rings (SSSR count). The Labute approximate surface area is 138 Å². The Morgan fingerprint density at radius 1 is 1.32 bits per heavy atom. The molecule has 1 aliphatic carbocycles. The van der Waals surface area contributed by atoms with Gasteiger partial charge in [0.1, 0.15) is 0 Å². The Morgan fingerprint density at radius 2 is 2.00 bits per heavy atom. The Morgan fingerprint density at radius 3 is 2.50 bits per heavy atom. The number of ether oxygens (including phenoxy) is 1. The highest BCUT2D eigenvalue weighted by molar-refractivity contribution is 8.00. The van der Waals surface area contributed by atoms with E-state index in [4.69, 9.17) is 4.74 Å². The highest BCUT2D eigenvalue weighted by Crippen LogP contribution is 2.40. The zero-order valence-electron chi connectivity index (χ0n) is 13.8. The Balaban J connectivity index is 1.92. The molecule has 122 valence electrons. The zero-order valence-corrected chi connectivity index (χ0v) is 14.6. The van der Waals surface area contributed by atoms with Crippen LogP contribution >= 0.6 is 11.8 Å². The van der Waals surface area contributed by atoms with Gasteiger partial charge in [-0.2, -0.15) is 0 Å². The molecule has 1 N–H and O–H groups in total. The highest BCUT2D eigenvalue weighted by atomic mass is 32.2. The van der Waals surface area contributed by atoms with Crippen LogP contribution in [0.15, 0.2) is 35.2 Å². The Kier molecular flexibility index (Phi) is 6.33. The summed E-state index contributed by atoms with van der Waals surface area (Å²) in [7, 11) is 1.74. The number of rotatable bonds is 8. The Hall–Kier alpha value is -1.00. The number of amides is 1. The van der Waals surface area contributed by atoms with Crippen molar-refractivity contribution in [2.45, 2.75) is 43.3 Å². The van der Waals surface area contributed by atoms with Gasteiger partial charge >= 0.3 is 0 Å². The van der Waals surface area contributed by atoms with Gasteiger partial charge in [-0.25, -0.2) is 0 Å². The lowest BCUT2D eigenvalue weighted by Gasteiger charge is -2.41. The maximum atomic E-state index is 12.6. The van der Waals surface area contributed by atoms with Crippen LogP contribution in [0.3, 0.4) is 0 Å². The van der Waals surface area contributed by atoms with Crippen LogP contribution in [0.2, 0.25) is 0 Å². The molecule has 1 saturated carbocycles. The van der Waals surface area contributed by atoms with E-state index in [9.17, 15) is 4.79 Å². The van der Waals surface area contributed by atoms with E-state index in [2.05, 4.69) is 31.3 Å². The quantitative estimate of drug-likeness (QED) is 0.741. The fraction of sp³-hybridized carbons (Fsp3) is 0.611. The molecule has 4 heteroatoms. The first-order valence-electron chi connectivity index (χ1n) is 8.05. The monoisotopic (exact) mass is 321 g/mol. The summed E-state index contributed by atoms with van der Waals surface area (Å²) in [5.74, 6) is 0.441. The number of hydrogen-bond acceptors (Lipinski definition) is 3. The second kappa shape index (κ2) is 8.02. The number of hydrogen-bond donors (Lipinski definition) is 1. The summed E-state index contributed by atoms with van der Waals surface area (Å²) in [6.07, 6.45) is 3.55. The summed E-state index contributed by atoms with van der Waals surface area (Å²) in [6.45, 7) is 5.69. The van der Waals surface area contributed by atoms with Crippen molar-refractivity contribution in [3.8, 4) is 0 Å². The molecule has 0 bridgehead atoms. The number of carbonyl (C=O) groups excluding carboxylic acids is 1. The summed E-state index contributed by atoms with van der Waals surface area (Å²) in [4.78, 5) is 13.8. The Bertz CT molecular complexity index is 471. The van der Waals surface area contributed by atoms with Gasteiger partial charge in [0.15, 0.2) is 0 Å². The molecule has 22 heavy (non-hydrogen) atoms. The zero-order chi connectivity index (χ0) is 16.0. The van der Waals surface area contributed by atoms with Crippen molar-refractivity contribution < 1.29 is 9.53 Å².